The van der Waals surface area contributed by atoms with Gasteiger partial charge in [0, 0.05) is 11.0 Å². The maximum Gasteiger partial charge on any atom is 0.0664 e. The lowest BCUT2D eigenvalue weighted by atomic mass is 10.3. The van der Waals surface area contributed by atoms with Crippen LogP contribution >= 0.6 is 11.8 Å². The van der Waals surface area contributed by atoms with Gasteiger partial charge in [0.15, 0.2) is 0 Å². The fourth-order valence-electron chi connectivity index (χ4n) is 1.56. The van der Waals surface area contributed by atoms with E-state index >= 15 is 0 Å². The minimum absolute atomic E-state index is 0.173. The molecule has 0 aliphatic heterocycles. The Hall–Kier alpha value is 0.0500. The van der Waals surface area contributed by atoms with Crippen LogP contribution in [-0.2, 0) is 0 Å². The summed E-state index contributed by atoms with van der Waals surface area (Å²) in [4.78, 5) is 0. The first-order chi connectivity index (χ1) is 5.83. The molecule has 0 heterocycles. The van der Waals surface area contributed by atoms with Gasteiger partial charge in [0.1, 0.15) is 0 Å². The van der Waals surface area contributed by atoms with Gasteiger partial charge < -0.3 is 5.11 Å². The van der Waals surface area contributed by atoms with Gasteiger partial charge in [-0.05, 0) is 19.3 Å². The van der Waals surface area contributed by atoms with Crippen molar-refractivity contribution in [3.8, 4) is 0 Å². The van der Waals surface area contributed by atoms with Crippen LogP contribution in [0.4, 0.5) is 0 Å². The lowest BCUT2D eigenvalue weighted by Crippen LogP contribution is -2.10. The van der Waals surface area contributed by atoms with E-state index < -0.39 is 0 Å². The molecule has 2 heteroatoms. The minimum atomic E-state index is -0.173. The Morgan fingerprint density at radius 1 is 1.50 bits per heavy atom. The molecule has 1 aliphatic rings. The van der Waals surface area contributed by atoms with Crippen molar-refractivity contribution in [1.29, 1.82) is 0 Å². The van der Waals surface area contributed by atoms with Crippen molar-refractivity contribution in [2.75, 3.05) is 5.75 Å². The van der Waals surface area contributed by atoms with Gasteiger partial charge in [0.2, 0.25) is 0 Å². The first-order valence-corrected chi connectivity index (χ1v) is 5.78. The predicted octanol–water partition coefficient (Wildman–Crippen LogP) is 2.60. The zero-order valence-electron chi connectivity index (χ0n) is 7.54. The van der Waals surface area contributed by atoms with Gasteiger partial charge in [-0.15, -0.1) is 6.58 Å². The van der Waals surface area contributed by atoms with E-state index in [9.17, 15) is 5.11 Å². The highest BCUT2D eigenvalue weighted by molar-refractivity contribution is 7.99. The number of aliphatic hydroxyl groups excluding tert-OH is 1. The third-order valence-electron chi connectivity index (χ3n) is 2.27. The van der Waals surface area contributed by atoms with Gasteiger partial charge in [0.05, 0.1) is 6.10 Å². The average Bonchev–Trinajstić information content (AvgIpc) is 2.53. The van der Waals surface area contributed by atoms with Crippen LogP contribution in [0, 0.1) is 0 Å². The number of aliphatic hydroxyl groups is 1. The summed E-state index contributed by atoms with van der Waals surface area (Å²) < 4.78 is 0. The number of hydrogen-bond acceptors (Lipinski definition) is 2. The molecule has 12 heavy (non-hydrogen) atoms. The Balaban J connectivity index is 2.03. The maximum absolute atomic E-state index is 9.42. The molecule has 1 rings (SSSR count). The Labute approximate surface area is 79.2 Å². The summed E-state index contributed by atoms with van der Waals surface area (Å²) in [6.45, 7) is 3.61. The normalized spacial score (nSPS) is 21.1. The SMILES string of the molecule is C=CCC(O)CSC1CCCC1. The largest absolute Gasteiger partial charge is 0.392 e. The third kappa shape index (κ3) is 3.63. The molecule has 1 unspecified atom stereocenters. The van der Waals surface area contributed by atoms with Gasteiger partial charge in [-0.25, -0.2) is 0 Å². The van der Waals surface area contributed by atoms with Crippen molar-refractivity contribution in [2.45, 2.75) is 43.5 Å². The smallest absolute Gasteiger partial charge is 0.0664 e. The van der Waals surface area contributed by atoms with Gasteiger partial charge in [-0.3, -0.25) is 0 Å². The van der Waals surface area contributed by atoms with Crippen molar-refractivity contribution in [2.24, 2.45) is 0 Å². The van der Waals surface area contributed by atoms with Gasteiger partial charge >= 0.3 is 0 Å². The second kappa shape index (κ2) is 5.65. The Morgan fingerprint density at radius 3 is 2.75 bits per heavy atom. The molecule has 0 radical (unpaired) electrons. The van der Waals surface area contributed by atoms with Crippen molar-refractivity contribution < 1.29 is 5.11 Å². The average molecular weight is 186 g/mol. The summed E-state index contributed by atoms with van der Waals surface area (Å²) in [6.07, 6.45) is 7.83. The maximum atomic E-state index is 9.42. The number of hydrogen-bond donors (Lipinski definition) is 1. The highest BCUT2D eigenvalue weighted by Gasteiger charge is 2.16. The van der Waals surface area contributed by atoms with E-state index in [0.717, 1.165) is 17.4 Å². The summed E-state index contributed by atoms with van der Waals surface area (Å²) in [6, 6.07) is 0. The van der Waals surface area contributed by atoms with Gasteiger partial charge in [-0.2, -0.15) is 11.8 Å². The molecule has 1 nitrogen and oxygen atoms in total. The molecule has 0 bridgehead atoms. The summed E-state index contributed by atoms with van der Waals surface area (Å²) in [5.74, 6) is 0.886. The minimum Gasteiger partial charge on any atom is -0.392 e. The first kappa shape index (κ1) is 10.1. The van der Waals surface area contributed by atoms with Crippen LogP contribution in [0.25, 0.3) is 0 Å². The molecule has 0 aromatic carbocycles. The van der Waals surface area contributed by atoms with Crippen molar-refractivity contribution in [1.82, 2.24) is 0 Å². The lowest BCUT2D eigenvalue weighted by molar-refractivity contribution is 0.203. The molecule has 1 saturated carbocycles. The van der Waals surface area contributed by atoms with Crippen LogP contribution in [0.5, 0.6) is 0 Å². The van der Waals surface area contributed by atoms with Crippen LogP contribution in [0.1, 0.15) is 32.1 Å². The summed E-state index contributed by atoms with van der Waals surface area (Å²) in [7, 11) is 0. The molecule has 1 atom stereocenters. The molecule has 70 valence electrons. The zero-order valence-corrected chi connectivity index (χ0v) is 8.35. The number of rotatable bonds is 5. The fraction of sp³-hybridized carbons (Fsp3) is 0.800. The Kier molecular flexibility index (Phi) is 4.77. The zero-order chi connectivity index (χ0) is 8.81. The highest BCUT2D eigenvalue weighted by atomic mass is 32.2. The van der Waals surface area contributed by atoms with Crippen LogP contribution in [0.3, 0.4) is 0 Å². The lowest BCUT2D eigenvalue weighted by Gasteiger charge is -2.11. The summed E-state index contributed by atoms with van der Waals surface area (Å²) in [5.41, 5.74) is 0. The van der Waals surface area contributed by atoms with Gasteiger partial charge in [0.25, 0.3) is 0 Å². The summed E-state index contributed by atoms with van der Waals surface area (Å²) >= 11 is 1.93. The fourth-order valence-corrected chi connectivity index (χ4v) is 2.86. The molecular weight excluding hydrogens is 168 g/mol. The van der Waals surface area contributed by atoms with Crippen molar-refractivity contribution in [3.05, 3.63) is 12.7 Å². The molecule has 0 spiro atoms. The topological polar surface area (TPSA) is 20.2 Å². The quantitative estimate of drug-likeness (QED) is 0.666. The molecule has 1 aliphatic carbocycles. The molecule has 0 aromatic rings. The van der Waals surface area contributed by atoms with E-state index in [1.165, 1.54) is 25.7 Å². The van der Waals surface area contributed by atoms with E-state index in [-0.39, 0.29) is 6.10 Å². The van der Waals surface area contributed by atoms with Crippen LogP contribution in [-0.4, -0.2) is 22.2 Å². The van der Waals surface area contributed by atoms with Crippen molar-refractivity contribution in [3.63, 3.8) is 0 Å². The number of thioether (sulfide) groups is 1. The highest BCUT2D eigenvalue weighted by Crippen LogP contribution is 2.29. The van der Waals surface area contributed by atoms with Crippen LogP contribution in [0.2, 0.25) is 0 Å². The Morgan fingerprint density at radius 2 is 2.17 bits per heavy atom. The van der Waals surface area contributed by atoms with E-state index in [0.29, 0.717) is 0 Å². The van der Waals surface area contributed by atoms with E-state index in [1.54, 1.807) is 6.08 Å². The van der Waals surface area contributed by atoms with Crippen molar-refractivity contribution >= 4 is 11.8 Å². The van der Waals surface area contributed by atoms with Crippen LogP contribution < -0.4 is 0 Å². The van der Waals surface area contributed by atoms with Gasteiger partial charge in [-0.1, -0.05) is 18.9 Å². The molecule has 0 aromatic heterocycles. The van der Waals surface area contributed by atoms with E-state index in [1.807, 2.05) is 11.8 Å². The first-order valence-electron chi connectivity index (χ1n) is 4.73. The van der Waals surface area contributed by atoms with Crippen LogP contribution in [0.15, 0.2) is 12.7 Å². The second-order valence-corrected chi connectivity index (χ2v) is 4.75. The standard InChI is InChI=1S/C10H18OS/c1-2-5-9(11)8-12-10-6-3-4-7-10/h2,9-11H,1,3-8H2. The molecule has 0 saturated heterocycles. The third-order valence-corrected chi connectivity index (χ3v) is 3.79. The molecule has 1 N–H and O–H groups in total. The molecule has 0 amide bonds. The predicted molar refractivity (Wildman–Crippen MR) is 55.5 cm³/mol. The Bertz CT molecular complexity index is 130. The monoisotopic (exact) mass is 186 g/mol. The second-order valence-electron chi connectivity index (χ2n) is 3.42. The van der Waals surface area contributed by atoms with E-state index in [4.69, 9.17) is 0 Å². The molecule has 1 fully saturated rings. The summed E-state index contributed by atoms with van der Waals surface area (Å²) in [5, 5.41) is 10.2. The molecular formula is C10H18OS. The van der Waals surface area contributed by atoms with E-state index in [2.05, 4.69) is 6.58 Å².